The highest BCUT2D eigenvalue weighted by atomic mass is 35.5. The minimum absolute atomic E-state index is 0.117. The van der Waals surface area contributed by atoms with Gasteiger partial charge < -0.3 is 20.2 Å². The number of carbonyl (C=O) groups excluding carboxylic acids is 1. The van der Waals surface area contributed by atoms with E-state index < -0.39 is 5.91 Å². The summed E-state index contributed by atoms with van der Waals surface area (Å²) >= 11 is 12.3. The number of anilines is 2. The van der Waals surface area contributed by atoms with Gasteiger partial charge in [-0.15, -0.1) is 0 Å². The van der Waals surface area contributed by atoms with Crippen molar-refractivity contribution < 1.29 is 9.90 Å². The molecule has 0 spiro atoms. The van der Waals surface area contributed by atoms with Gasteiger partial charge in [-0.05, 0) is 43.4 Å². The fourth-order valence-electron chi connectivity index (χ4n) is 2.78. The number of hydrogen-bond acceptors (Lipinski definition) is 4. The van der Waals surface area contributed by atoms with E-state index in [1.165, 1.54) is 18.2 Å². The molecule has 1 amide bonds. The average molecular weight is 380 g/mol. The number of amides is 1. The Labute approximate surface area is 156 Å². The van der Waals surface area contributed by atoms with Gasteiger partial charge >= 0.3 is 0 Å². The third-order valence-corrected chi connectivity index (χ3v) is 4.79. The second kappa shape index (κ2) is 7.52. The molecule has 2 aromatic carbocycles. The van der Waals surface area contributed by atoms with Gasteiger partial charge in [0.25, 0.3) is 5.91 Å². The van der Waals surface area contributed by atoms with Crippen molar-refractivity contribution in [2.75, 3.05) is 43.4 Å². The zero-order valence-corrected chi connectivity index (χ0v) is 15.3. The molecule has 0 aromatic heterocycles. The fourth-order valence-corrected chi connectivity index (χ4v) is 3.25. The summed E-state index contributed by atoms with van der Waals surface area (Å²) in [6.07, 6.45) is 0. The molecule has 5 nitrogen and oxygen atoms in total. The van der Waals surface area contributed by atoms with Crippen LogP contribution < -0.4 is 10.2 Å². The largest absolute Gasteiger partial charge is 0.507 e. The molecule has 0 unspecified atom stereocenters. The van der Waals surface area contributed by atoms with Crippen molar-refractivity contribution in [3.05, 3.63) is 52.0 Å². The van der Waals surface area contributed by atoms with Crippen LogP contribution in [0.3, 0.4) is 0 Å². The lowest BCUT2D eigenvalue weighted by molar-refractivity contribution is 0.102. The van der Waals surface area contributed by atoms with Crippen LogP contribution in [-0.2, 0) is 0 Å². The first kappa shape index (κ1) is 17.9. The summed E-state index contributed by atoms with van der Waals surface area (Å²) < 4.78 is 0. The predicted molar refractivity (Wildman–Crippen MR) is 102 cm³/mol. The lowest BCUT2D eigenvalue weighted by atomic mass is 10.1. The number of rotatable bonds is 3. The number of nitrogens with zero attached hydrogens (tertiary/aromatic N) is 2. The minimum Gasteiger partial charge on any atom is -0.507 e. The maximum atomic E-state index is 12.3. The van der Waals surface area contributed by atoms with Gasteiger partial charge in [-0.3, -0.25) is 4.79 Å². The monoisotopic (exact) mass is 379 g/mol. The highest BCUT2D eigenvalue weighted by Crippen LogP contribution is 2.30. The number of carbonyl (C=O) groups is 1. The molecule has 0 bridgehead atoms. The predicted octanol–water partition coefficient (Wildman–Crippen LogP) is 3.70. The third-order valence-electron chi connectivity index (χ3n) is 4.25. The summed E-state index contributed by atoms with van der Waals surface area (Å²) in [7, 11) is 2.10. The summed E-state index contributed by atoms with van der Waals surface area (Å²) in [4.78, 5) is 16.8. The molecule has 132 valence electrons. The van der Waals surface area contributed by atoms with E-state index in [4.69, 9.17) is 23.2 Å². The Kier molecular flexibility index (Phi) is 5.37. The molecule has 0 radical (unpaired) electrons. The number of hydrogen-bond donors (Lipinski definition) is 2. The zero-order valence-electron chi connectivity index (χ0n) is 13.8. The molecule has 1 aliphatic rings. The summed E-state index contributed by atoms with van der Waals surface area (Å²) in [6.45, 7) is 3.81. The maximum absolute atomic E-state index is 12.3. The van der Waals surface area contributed by atoms with Crippen LogP contribution in [-0.4, -0.2) is 49.1 Å². The second-order valence-corrected chi connectivity index (χ2v) is 6.92. The molecule has 7 heteroatoms. The van der Waals surface area contributed by atoms with Crippen LogP contribution in [0.2, 0.25) is 10.0 Å². The van der Waals surface area contributed by atoms with E-state index in [0.717, 1.165) is 31.9 Å². The van der Waals surface area contributed by atoms with Gasteiger partial charge in [-0.25, -0.2) is 0 Å². The SMILES string of the molecule is CN1CCN(c2ccc(NC(=O)c3cc(Cl)ccc3O)cc2Cl)CC1. The van der Waals surface area contributed by atoms with E-state index >= 15 is 0 Å². The Balaban J connectivity index is 1.74. The lowest BCUT2D eigenvalue weighted by Crippen LogP contribution is -2.44. The Morgan fingerprint density at radius 2 is 1.80 bits per heavy atom. The summed E-state index contributed by atoms with van der Waals surface area (Å²) in [5, 5.41) is 13.5. The number of halogens is 2. The highest BCUT2D eigenvalue weighted by Gasteiger charge is 2.18. The zero-order chi connectivity index (χ0) is 18.0. The van der Waals surface area contributed by atoms with Crippen LogP contribution in [0.25, 0.3) is 0 Å². The van der Waals surface area contributed by atoms with Crippen molar-refractivity contribution >= 4 is 40.5 Å². The molecular weight excluding hydrogens is 361 g/mol. The molecule has 0 saturated carbocycles. The summed E-state index contributed by atoms with van der Waals surface area (Å²) in [6, 6.07) is 9.76. The Bertz CT molecular complexity index is 790. The first-order valence-corrected chi connectivity index (χ1v) is 8.72. The Morgan fingerprint density at radius 1 is 1.08 bits per heavy atom. The first-order chi connectivity index (χ1) is 11.9. The van der Waals surface area contributed by atoms with E-state index in [2.05, 4.69) is 22.2 Å². The molecule has 0 atom stereocenters. The van der Waals surface area contributed by atoms with E-state index in [1.807, 2.05) is 6.07 Å². The number of phenolic OH excluding ortho intramolecular Hbond substituents is 1. The second-order valence-electron chi connectivity index (χ2n) is 6.07. The number of piperazine rings is 1. The van der Waals surface area contributed by atoms with Crippen LogP contribution in [0.1, 0.15) is 10.4 Å². The van der Waals surface area contributed by atoms with Gasteiger partial charge in [-0.2, -0.15) is 0 Å². The van der Waals surface area contributed by atoms with Gasteiger partial charge in [0.05, 0.1) is 16.3 Å². The molecule has 1 heterocycles. The molecule has 0 aliphatic carbocycles. The molecule has 2 N–H and O–H groups in total. The average Bonchev–Trinajstić information content (AvgIpc) is 2.58. The topological polar surface area (TPSA) is 55.8 Å². The first-order valence-electron chi connectivity index (χ1n) is 7.97. The van der Waals surface area contributed by atoms with Gasteiger partial charge in [0.2, 0.25) is 0 Å². The summed E-state index contributed by atoms with van der Waals surface area (Å²) in [5.41, 5.74) is 1.64. The maximum Gasteiger partial charge on any atom is 0.259 e. The van der Waals surface area contributed by atoms with E-state index in [0.29, 0.717) is 15.7 Å². The molecule has 1 aliphatic heterocycles. The van der Waals surface area contributed by atoms with Crippen molar-refractivity contribution in [3.63, 3.8) is 0 Å². The van der Waals surface area contributed by atoms with Crippen LogP contribution in [0, 0.1) is 0 Å². The molecule has 1 saturated heterocycles. The van der Waals surface area contributed by atoms with E-state index in [-0.39, 0.29) is 11.3 Å². The van der Waals surface area contributed by atoms with Gasteiger partial charge in [0.1, 0.15) is 5.75 Å². The minimum atomic E-state index is -0.441. The molecule has 3 rings (SSSR count). The van der Waals surface area contributed by atoms with Crippen LogP contribution in [0.5, 0.6) is 5.75 Å². The van der Waals surface area contributed by atoms with Crippen molar-refractivity contribution in [1.29, 1.82) is 0 Å². The highest BCUT2D eigenvalue weighted by molar-refractivity contribution is 6.33. The number of phenols is 1. The normalized spacial score (nSPS) is 15.2. The molecule has 1 fully saturated rings. The van der Waals surface area contributed by atoms with Crippen LogP contribution in [0.4, 0.5) is 11.4 Å². The number of nitrogens with one attached hydrogen (secondary N) is 1. The van der Waals surface area contributed by atoms with Gasteiger partial charge in [-0.1, -0.05) is 23.2 Å². The third kappa shape index (κ3) is 4.18. The van der Waals surface area contributed by atoms with Crippen LogP contribution >= 0.6 is 23.2 Å². The van der Waals surface area contributed by atoms with E-state index in [1.54, 1.807) is 12.1 Å². The van der Waals surface area contributed by atoms with Crippen molar-refractivity contribution in [2.45, 2.75) is 0 Å². The molecule has 2 aromatic rings. The smallest absolute Gasteiger partial charge is 0.259 e. The molecular formula is C18H19Cl2N3O2. The van der Waals surface area contributed by atoms with Crippen molar-refractivity contribution in [3.8, 4) is 5.75 Å². The number of likely N-dealkylation sites (N-methyl/N-ethyl adjacent to an activating group) is 1. The lowest BCUT2D eigenvalue weighted by Gasteiger charge is -2.34. The van der Waals surface area contributed by atoms with Crippen molar-refractivity contribution in [1.82, 2.24) is 4.90 Å². The van der Waals surface area contributed by atoms with Crippen LogP contribution in [0.15, 0.2) is 36.4 Å². The Hall–Kier alpha value is -1.95. The number of benzene rings is 2. The standard InChI is InChI=1S/C18H19Cl2N3O2/c1-22-6-8-23(9-7-22)16-4-3-13(11-15(16)20)21-18(25)14-10-12(19)2-5-17(14)24/h2-5,10-11,24H,6-9H2,1H3,(H,21,25). The quantitative estimate of drug-likeness (QED) is 0.853. The number of aromatic hydroxyl groups is 1. The Morgan fingerprint density at radius 3 is 2.48 bits per heavy atom. The molecule has 25 heavy (non-hydrogen) atoms. The van der Waals surface area contributed by atoms with Gasteiger partial charge in [0.15, 0.2) is 0 Å². The summed E-state index contributed by atoms with van der Waals surface area (Å²) in [5.74, 6) is -0.564. The van der Waals surface area contributed by atoms with Gasteiger partial charge in [0, 0.05) is 36.9 Å². The fraction of sp³-hybridized carbons (Fsp3) is 0.278. The van der Waals surface area contributed by atoms with E-state index in [9.17, 15) is 9.90 Å². The van der Waals surface area contributed by atoms with Crippen molar-refractivity contribution in [2.24, 2.45) is 0 Å².